The summed E-state index contributed by atoms with van der Waals surface area (Å²) in [6, 6.07) is 3.14. The zero-order valence-corrected chi connectivity index (χ0v) is 12.9. The predicted molar refractivity (Wildman–Crippen MR) is 79.3 cm³/mol. The number of hydrogen-bond donors (Lipinski definition) is 2. The lowest BCUT2D eigenvalue weighted by molar-refractivity contribution is -0.137. The summed E-state index contributed by atoms with van der Waals surface area (Å²) < 4.78 is 26.4. The molecule has 1 aromatic carbocycles. The van der Waals surface area contributed by atoms with Crippen LogP contribution in [0, 0.1) is 11.6 Å². The number of amides is 2. The van der Waals surface area contributed by atoms with Crippen molar-refractivity contribution in [2.45, 2.75) is 38.3 Å². The van der Waals surface area contributed by atoms with Crippen LogP contribution in [0.4, 0.5) is 8.78 Å². The average Bonchev–Trinajstić information content (AvgIpc) is 2.90. The van der Waals surface area contributed by atoms with E-state index in [1.165, 1.54) is 17.9 Å². The largest absolute Gasteiger partial charge is 0.394 e. The third kappa shape index (κ3) is 3.85. The van der Waals surface area contributed by atoms with Gasteiger partial charge in [0, 0.05) is 31.6 Å². The molecular formula is C16H20F2N2O3. The first kappa shape index (κ1) is 17.3. The predicted octanol–water partition coefficient (Wildman–Crippen LogP) is 1.34. The van der Waals surface area contributed by atoms with Gasteiger partial charge in [-0.1, -0.05) is 6.07 Å². The number of nitrogens with one attached hydrogen (secondary N) is 1. The van der Waals surface area contributed by atoms with Crippen LogP contribution in [0.1, 0.15) is 31.7 Å². The fourth-order valence-corrected chi connectivity index (χ4v) is 3.05. The molecule has 23 heavy (non-hydrogen) atoms. The number of carbonyl (C=O) groups is 2. The van der Waals surface area contributed by atoms with E-state index in [2.05, 4.69) is 5.32 Å². The van der Waals surface area contributed by atoms with Crippen LogP contribution in [0.15, 0.2) is 18.2 Å². The van der Waals surface area contributed by atoms with Crippen LogP contribution in [0.2, 0.25) is 0 Å². The molecule has 2 rings (SSSR count). The number of carbonyl (C=O) groups excluding carboxylic acids is 2. The number of nitrogens with zero attached hydrogens (tertiary/aromatic N) is 1. The van der Waals surface area contributed by atoms with Gasteiger partial charge in [0.25, 0.3) is 0 Å². The second-order valence-electron chi connectivity index (χ2n) is 5.85. The van der Waals surface area contributed by atoms with Gasteiger partial charge in [0.15, 0.2) is 0 Å². The van der Waals surface area contributed by atoms with Gasteiger partial charge in [0.05, 0.1) is 18.6 Å². The molecule has 126 valence electrons. The number of halogens is 2. The van der Waals surface area contributed by atoms with E-state index in [9.17, 15) is 23.5 Å². The van der Waals surface area contributed by atoms with Gasteiger partial charge in [-0.25, -0.2) is 8.78 Å². The highest BCUT2D eigenvalue weighted by atomic mass is 19.1. The molecule has 2 N–H and O–H groups in total. The van der Waals surface area contributed by atoms with Gasteiger partial charge in [0.1, 0.15) is 11.6 Å². The van der Waals surface area contributed by atoms with E-state index in [1.54, 1.807) is 0 Å². The van der Waals surface area contributed by atoms with Crippen LogP contribution in [-0.4, -0.2) is 40.5 Å². The lowest BCUT2D eigenvalue weighted by Gasteiger charge is -2.36. The summed E-state index contributed by atoms with van der Waals surface area (Å²) in [7, 11) is 0. The summed E-state index contributed by atoms with van der Waals surface area (Å²) >= 11 is 0. The van der Waals surface area contributed by atoms with E-state index in [-0.39, 0.29) is 31.0 Å². The minimum Gasteiger partial charge on any atom is -0.394 e. The highest BCUT2D eigenvalue weighted by Crippen LogP contribution is 2.32. The summed E-state index contributed by atoms with van der Waals surface area (Å²) in [6.07, 6.45) is 1.22. The smallest absolute Gasteiger partial charge is 0.222 e. The lowest BCUT2D eigenvalue weighted by atomic mass is 9.92. The van der Waals surface area contributed by atoms with E-state index in [4.69, 9.17) is 0 Å². The molecule has 0 unspecified atom stereocenters. The minimum atomic E-state index is -0.892. The Morgan fingerprint density at radius 3 is 2.74 bits per heavy atom. The molecule has 1 saturated heterocycles. The third-order valence-electron chi connectivity index (χ3n) is 4.25. The van der Waals surface area contributed by atoms with Crippen molar-refractivity contribution in [3.63, 3.8) is 0 Å². The Hall–Kier alpha value is -2.02. The Morgan fingerprint density at radius 2 is 2.13 bits per heavy atom. The maximum atomic E-state index is 13.5. The number of hydrogen-bond acceptors (Lipinski definition) is 3. The van der Waals surface area contributed by atoms with Crippen molar-refractivity contribution < 1.29 is 23.5 Å². The first-order chi connectivity index (χ1) is 10.9. The number of aliphatic hydroxyl groups is 1. The number of aliphatic hydroxyl groups excluding tert-OH is 1. The second-order valence-corrected chi connectivity index (χ2v) is 5.85. The summed E-state index contributed by atoms with van der Waals surface area (Å²) in [5, 5.41) is 12.2. The van der Waals surface area contributed by atoms with Crippen molar-refractivity contribution in [3.8, 4) is 0 Å². The van der Waals surface area contributed by atoms with Crippen LogP contribution >= 0.6 is 0 Å². The van der Waals surface area contributed by atoms with Crippen molar-refractivity contribution in [1.29, 1.82) is 0 Å². The molecule has 0 saturated carbocycles. The molecule has 0 aliphatic carbocycles. The molecule has 7 heteroatoms. The van der Waals surface area contributed by atoms with Crippen LogP contribution in [0.25, 0.3) is 0 Å². The van der Waals surface area contributed by atoms with Gasteiger partial charge in [-0.15, -0.1) is 0 Å². The Morgan fingerprint density at radius 1 is 1.39 bits per heavy atom. The zero-order valence-electron chi connectivity index (χ0n) is 12.9. The van der Waals surface area contributed by atoms with E-state index in [0.717, 1.165) is 18.6 Å². The third-order valence-corrected chi connectivity index (χ3v) is 4.25. The first-order valence-corrected chi connectivity index (χ1v) is 7.48. The van der Waals surface area contributed by atoms with Crippen molar-refractivity contribution in [1.82, 2.24) is 10.2 Å². The van der Waals surface area contributed by atoms with Crippen LogP contribution in [0.3, 0.4) is 0 Å². The monoisotopic (exact) mass is 326 g/mol. The number of benzene rings is 1. The van der Waals surface area contributed by atoms with Crippen molar-refractivity contribution in [2.75, 3.05) is 13.2 Å². The molecule has 1 aromatic rings. The number of rotatable bonds is 5. The topological polar surface area (TPSA) is 69.6 Å². The summed E-state index contributed by atoms with van der Waals surface area (Å²) in [5.41, 5.74) is -0.718. The van der Waals surface area contributed by atoms with Crippen molar-refractivity contribution in [3.05, 3.63) is 35.4 Å². The van der Waals surface area contributed by atoms with Gasteiger partial charge in [-0.05, 0) is 18.9 Å². The van der Waals surface area contributed by atoms with Gasteiger partial charge in [-0.3, -0.25) is 9.59 Å². The van der Waals surface area contributed by atoms with Gasteiger partial charge in [-0.2, -0.15) is 0 Å². The van der Waals surface area contributed by atoms with E-state index in [1.807, 2.05) is 0 Å². The normalized spacial score (nSPS) is 20.6. The average molecular weight is 326 g/mol. The zero-order chi connectivity index (χ0) is 17.0. The highest BCUT2D eigenvalue weighted by molar-refractivity contribution is 5.80. The first-order valence-electron chi connectivity index (χ1n) is 7.48. The van der Waals surface area contributed by atoms with Crippen molar-refractivity contribution >= 4 is 11.8 Å². The van der Waals surface area contributed by atoms with Crippen LogP contribution in [-0.2, 0) is 16.1 Å². The van der Waals surface area contributed by atoms with E-state index in [0.29, 0.717) is 13.0 Å². The minimum absolute atomic E-state index is 0.0497. The molecular weight excluding hydrogens is 306 g/mol. The molecule has 1 fully saturated rings. The molecule has 1 atom stereocenters. The fraction of sp³-hybridized carbons (Fsp3) is 0.500. The standard InChI is InChI=1S/C16H20F2N2O3/c1-11(22)20-6-2-5-16(20,10-21)8-15(23)19-9-12-3-4-13(17)7-14(12)18/h3-4,7,21H,2,5-6,8-10H2,1H3,(H,19,23)/t16-/m1/s1. The van der Waals surface area contributed by atoms with E-state index < -0.39 is 23.1 Å². The molecule has 1 aliphatic heterocycles. The Bertz CT molecular complexity index is 609. The quantitative estimate of drug-likeness (QED) is 0.858. The van der Waals surface area contributed by atoms with E-state index >= 15 is 0 Å². The highest BCUT2D eigenvalue weighted by Gasteiger charge is 2.43. The SMILES string of the molecule is CC(=O)N1CCC[C@]1(CO)CC(=O)NCc1ccc(F)cc1F. The molecule has 2 amide bonds. The molecule has 1 heterocycles. The molecule has 0 spiro atoms. The fourth-order valence-electron chi connectivity index (χ4n) is 3.05. The van der Waals surface area contributed by atoms with Crippen LogP contribution in [0.5, 0.6) is 0 Å². The van der Waals surface area contributed by atoms with Gasteiger partial charge in [0.2, 0.25) is 11.8 Å². The maximum absolute atomic E-state index is 13.5. The Balaban J connectivity index is 1.99. The maximum Gasteiger partial charge on any atom is 0.222 e. The summed E-state index contributed by atoms with van der Waals surface area (Å²) in [6.45, 7) is 1.54. The molecule has 5 nitrogen and oxygen atoms in total. The van der Waals surface area contributed by atoms with Gasteiger partial charge >= 0.3 is 0 Å². The summed E-state index contributed by atoms with van der Waals surface area (Å²) in [5.74, 6) is -1.99. The summed E-state index contributed by atoms with van der Waals surface area (Å²) in [4.78, 5) is 25.3. The molecule has 0 bridgehead atoms. The molecule has 1 aliphatic rings. The Labute approximate surface area is 133 Å². The van der Waals surface area contributed by atoms with Crippen LogP contribution < -0.4 is 5.32 Å². The van der Waals surface area contributed by atoms with Gasteiger partial charge < -0.3 is 15.3 Å². The molecule has 0 aromatic heterocycles. The molecule has 0 radical (unpaired) electrons. The second kappa shape index (κ2) is 7.04. The Kier molecular flexibility index (Phi) is 5.30. The lowest BCUT2D eigenvalue weighted by Crippen LogP contribution is -2.51. The number of likely N-dealkylation sites (tertiary alicyclic amines) is 1. The van der Waals surface area contributed by atoms with Crippen molar-refractivity contribution in [2.24, 2.45) is 0 Å².